The molecule has 0 aromatic carbocycles. The Morgan fingerprint density at radius 2 is 2.44 bits per heavy atom. The molecule has 0 saturated carbocycles. The zero-order chi connectivity index (χ0) is 12.0. The Balaban J connectivity index is 2.50. The SMILES string of the molecule is CSCC[C@H](N)C(=O)Nc1ccnc(C)c1. The average Bonchev–Trinajstić information content (AvgIpc) is 2.25. The van der Waals surface area contributed by atoms with E-state index in [0.29, 0.717) is 6.42 Å². The molecule has 1 aromatic heterocycles. The lowest BCUT2D eigenvalue weighted by Crippen LogP contribution is -2.36. The van der Waals surface area contributed by atoms with Crippen LogP contribution in [0.25, 0.3) is 0 Å². The summed E-state index contributed by atoms with van der Waals surface area (Å²) in [5.41, 5.74) is 7.37. The number of pyridine rings is 1. The van der Waals surface area contributed by atoms with Crippen molar-refractivity contribution in [1.82, 2.24) is 4.98 Å². The summed E-state index contributed by atoms with van der Waals surface area (Å²) in [6.45, 7) is 1.88. The molecule has 1 aromatic rings. The van der Waals surface area contributed by atoms with E-state index in [9.17, 15) is 4.79 Å². The van der Waals surface area contributed by atoms with Gasteiger partial charge in [0.05, 0.1) is 6.04 Å². The monoisotopic (exact) mass is 239 g/mol. The normalized spacial score (nSPS) is 12.2. The Kier molecular flexibility index (Phi) is 5.28. The molecule has 3 N–H and O–H groups in total. The van der Waals surface area contributed by atoms with Crippen molar-refractivity contribution in [1.29, 1.82) is 0 Å². The van der Waals surface area contributed by atoms with Crippen LogP contribution in [0.2, 0.25) is 0 Å². The van der Waals surface area contributed by atoms with Crippen molar-refractivity contribution in [3.63, 3.8) is 0 Å². The molecule has 0 unspecified atom stereocenters. The summed E-state index contributed by atoms with van der Waals surface area (Å²) in [7, 11) is 0. The standard InChI is InChI=1S/C11H17N3OS/c1-8-7-9(3-5-13-8)14-11(15)10(12)4-6-16-2/h3,5,7,10H,4,6,12H2,1-2H3,(H,13,14,15)/t10-/m0/s1. The van der Waals surface area contributed by atoms with Gasteiger partial charge < -0.3 is 11.1 Å². The third kappa shape index (κ3) is 4.20. The predicted molar refractivity (Wildman–Crippen MR) is 68.6 cm³/mol. The highest BCUT2D eigenvalue weighted by Crippen LogP contribution is 2.08. The number of hydrogen-bond donors (Lipinski definition) is 2. The number of nitrogens with zero attached hydrogens (tertiary/aromatic N) is 1. The van der Waals surface area contributed by atoms with Crippen LogP contribution in [0.15, 0.2) is 18.3 Å². The molecule has 88 valence electrons. The van der Waals surface area contributed by atoms with Gasteiger partial charge in [-0.25, -0.2) is 0 Å². The van der Waals surface area contributed by atoms with E-state index in [2.05, 4.69) is 10.3 Å². The van der Waals surface area contributed by atoms with Crippen LogP contribution in [-0.2, 0) is 4.79 Å². The average molecular weight is 239 g/mol. The van der Waals surface area contributed by atoms with E-state index in [1.54, 1.807) is 24.0 Å². The van der Waals surface area contributed by atoms with E-state index in [1.807, 2.05) is 19.2 Å². The number of aryl methyl sites for hydroxylation is 1. The molecule has 0 aliphatic rings. The minimum absolute atomic E-state index is 0.139. The fourth-order valence-corrected chi connectivity index (χ4v) is 1.72. The summed E-state index contributed by atoms with van der Waals surface area (Å²) in [5.74, 6) is 0.754. The highest BCUT2D eigenvalue weighted by atomic mass is 32.2. The first-order valence-electron chi connectivity index (χ1n) is 5.11. The molecule has 4 nitrogen and oxygen atoms in total. The molecule has 1 atom stereocenters. The summed E-state index contributed by atoms with van der Waals surface area (Å²) >= 11 is 1.69. The van der Waals surface area contributed by atoms with Crippen molar-refractivity contribution in [2.45, 2.75) is 19.4 Å². The lowest BCUT2D eigenvalue weighted by atomic mass is 10.2. The number of rotatable bonds is 5. The number of carbonyl (C=O) groups excluding carboxylic acids is 1. The van der Waals surface area contributed by atoms with Crippen LogP contribution in [0.1, 0.15) is 12.1 Å². The Morgan fingerprint density at radius 1 is 1.69 bits per heavy atom. The van der Waals surface area contributed by atoms with Crippen molar-refractivity contribution in [3.05, 3.63) is 24.0 Å². The summed E-state index contributed by atoms with van der Waals surface area (Å²) in [5, 5.41) is 2.78. The topological polar surface area (TPSA) is 68.0 Å². The van der Waals surface area contributed by atoms with Crippen molar-refractivity contribution in [3.8, 4) is 0 Å². The Hall–Kier alpha value is -1.07. The highest BCUT2D eigenvalue weighted by molar-refractivity contribution is 7.98. The van der Waals surface area contributed by atoms with Crippen molar-refractivity contribution < 1.29 is 4.79 Å². The summed E-state index contributed by atoms with van der Waals surface area (Å²) in [6, 6.07) is 3.13. The number of aromatic nitrogens is 1. The molecule has 0 aliphatic heterocycles. The molecule has 0 saturated heterocycles. The van der Waals surface area contributed by atoms with E-state index in [0.717, 1.165) is 17.1 Å². The number of nitrogens with one attached hydrogen (secondary N) is 1. The van der Waals surface area contributed by atoms with Crippen LogP contribution in [-0.4, -0.2) is 28.9 Å². The van der Waals surface area contributed by atoms with Crippen LogP contribution in [0, 0.1) is 6.92 Å². The molecule has 1 amide bonds. The third-order valence-corrected chi connectivity index (χ3v) is 2.78. The Morgan fingerprint density at radius 3 is 3.06 bits per heavy atom. The van der Waals surface area contributed by atoms with Gasteiger partial charge in [-0.2, -0.15) is 11.8 Å². The molecule has 0 radical (unpaired) electrons. The van der Waals surface area contributed by atoms with Crippen LogP contribution in [0.4, 0.5) is 5.69 Å². The van der Waals surface area contributed by atoms with Gasteiger partial charge in [0.25, 0.3) is 0 Å². The molecule has 1 rings (SSSR count). The smallest absolute Gasteiger partial charge is 0.241 e. The van der Waals surface area contributed by atoms with Gasteiger partial charge in [-0.05, 0) is 37.5 Å². The van der Waals surface area contributed by atoms with Gasteiger partial charge in [0.15, 0.2) is 0 Å². The minimum atomic E-state index is -0.444. The summed E-state index contributed by atoms with van der Waals surface area (Å²) < 4.78 is 0. The zero-order valence-corrected chi connectivity index (χ0v) is 10.4. The molecule has 0 spiro atoms. The maximum atomic E-state index is 11.7. The molecule has 1 heterocycles. The van der Waals surface area contributed by atoms with Gasteiger partial charge in [-0.15, -0.1) is 0 Å². The maximum Gasteiger partial charge on any atom is 0.241 e. The van der Waals surface area contributed by atoms with E-state index < -0.39 is 6.04 Å². The molecule has 0 fully saturated rings. The van der Waals surface area contributed by atoms with E-state index in [1.165, 1.54) is 0 Å². The predicted octanol–water partition coefficient (Wildman–Crippen LogP) is 1.41. The largest absolute Gasteiger partial charge is 0.325 e. The van der Waals surface area contributed by atoms with Gasteiger partial charge in [0, 0.05) is 17.6 Å². The van der Waals surface area contributed by atoms with Crippen LogP contribution < -0.4 is 11.1 Å². The fraction of sp³-hybridized carbons (Fsp3) is 0.455. The number of anilines is 1. The van der Waals surface area contributed by atoms with Crippen LogP contribution >= 0.6 is 11.8 Å². The molecular weight excluding hydrogens is 222 g/mol. The van der Waals surface area contributed by atoms with E-state index in [-0.39, 0.29) is 5.91 Å². The van der Waals surface area contributed by atoms with Gasteiger partial charge in [0.2, 0.25) is 5.91 Å². The first kappa shape index (κ1) is 13.0. The Bertz CT molecular complexity index is 357. The van der Waals surface area contributed by atoms with Gasteiger partial charge in [-0.1, -0.05) is 0 Å². The number of thioether (sulfide) groups is 1. The quantitative estimate of drug-likeness (QED) is 0.815. The van der Waals surface area contributed by atoms with E-state index in [4.69, 9.17) is 5.73 Å². The highest BCUT2D eigenvalue weighted by Gasteiger charge is 2.12. The zero-order valence-electron chi connectivity index (χ0n) is 9.56. The van der Waals surface area contributed by atoms with Crippen LogP contribution in [0.5, 0.6) is 0 Å². The minimum Gasteiger partial charge on any atom is -0.325 e. The number of carbonyl (C=O) groups is 1. The second-order valence-electron chi connectivity index (χ2n) is 3.56. The first-order chi connectivity index (χ1) is 7.63. The second-order valence-corrected chi connectivity index (χ2v) is 4.55. The summed E-state index contributed by atoms with van der Waals surface area (Å²) in [4.78, 5) is 15.7. The number of hydrogen-bond acceptors (Lipinski definition) is 4. The lowest BCUT2D eigenvalue weighted by molar-refractivity contribution is -0.117. The summed E-state index contributed by atoms with van der Waals surface area (Å²) in [6.07, 6.45) is 4.35. The molecule has 0 aliphatic carbocycles. The van der Waals surface area contributed by atoms with Gasteiger partial charge in [-0.3, -0.25) is 9.78 Å². The molecular formula is C11H17N3OS. The van der Waals surface area contributed by atoms with Crippen molar-refractivity contribution in [2.24, 2.45) is 5.73 Å². The Labute approximate surface area is 100 Å². The van der Waals surface area contributed by atoms with Crippen LogP contribution in [0.3, 0.4) is 0 Å². The number of amides is 1. The number of nitrogens with two attached hydrogens (primary N) is 1. The lowest BCUT2D eigenvalue weighted by Gasteiger charge is -2.11. The van der Waals surface area contributed by atoms with Gasteiger partial charge in [0.1, 0.15) is 0 Å². The second kappa shape index (κ2) is 6.50. The first-order valence-corrected chi connectivity index (χ1v) is 6.51. The van der Waals surface area contributed by atoms with E-state index >= 15 is 0 Å². The van der Waals surface area contributed by atoms with Gasteiger partial charge >= 0.3 is 0 Å². The molecule has 0 bridgehead atoms. The molecule has 5 heteroatoms. The maximum absolute atomic E-state index is 11.7. The fourth-order valence-electron chi connectivity index (χ4n) is 1.23. The van der Waals surface area contributed by atoms with Crippen molar-refractivity contribution in [2.75, 3.05) is 17.3 Å². The van der Waals surface area contributed by atoms with Crippen molar-refractivity contribution >= 4 is 23.4 Å². The molecule has 16 heavy (non-hydrogen) atoms. The third-order valence-electron chi connectivity index (χ3n) is 2.13.